The molecule has 112 valence electrons. The Labute approximate surface area is 117 Å². The van der Waals surface area contributed by atoms with E-state index in [0.717, 1.165) is 18.9 Å². The van der Waals surface area contributed by atoms with E-state index < -0.39 is 17.5 Å². The summed E-state index contributed by atoms with van der Waals surface area (Å²) in [6.45, 7) is 3.98. The highest BCUT2D eigenvalue weighted by atomic mass is 19.2. The maximum absolute atomic E-state index is 13.9. The van der Waals surface area contributed by atoms with E-state index in [-0.39, 0.29) is 11.6 Å². The fraction of sp³-hybridized carbons (Fsp3) is 0.600. The smallest absolute Gasteiger partial charge is 0.194 e. The van der Waals surface area contributed by atoms with Gasteiger partial charge in [-0.25, -0.2) is 13.2 Å². The van der Waals surface area contributed by atoms with Crippen LogP contribution in [0.25, 0.3) is 0 Å². The predicted octanol–water partition coefficient (Wildman–Crippen LogP) is 3.57. The molecule has 0 saturated carbocycles. The molecule has 0 amide bonds. The second kappa shape index (κ2) is 7.09. The molecule has 0 radical (unpaired) electrons. The zero-order valence-corrected chi connectivity index (χ0v) is 11.6. The Kier molecular flexibility index (Phi) is 5.43. The van der Waals surface area contributed by atoms with E-state index in [0.29, 0.717) is 32.1 Å². The van der Waals surface area contributed by atoms with Gasteiger partial charge in [0.05, 0.1) is 0 Å². The first kappa shape index (κ1) is 15.3. The van der Waals surface area contributed by atoms with Crippen LogP contribution >= 0.6 is 0 Å². The van der Waals surface area contributed by atoms with Gasteiger partial charge in [-0.05, 0) is 37.8 Å². The van der Waals surface area contributed by atoms with Crippen LogP contribution in [0.4, 0.5) is 13.2 Å². The zero-order chi connectivity index (χ0) is 14.5. The minimum atomic E-state index is -1.39. The highest BCUT2D eigenvalue weighted by Crippen LogP contribution is 2.30. The van der Waals surface area contributed by atoms with Gasteiger partial charge < -0.3 is 10.1 Å². The molecule has 1 saturated heterocycles. The van der Waals surface area contributed by atoms with Gasteiger partial charge in [-0.1, -0.05) is 13.0 Å². The van der Waals surface area contributed by atoms with Crippen LogP contribution in [0, 0.1) is 23.4 Å². The first-order valence-electron chi connectivity index (χ1n) is 7.08. The Morgan fingerprint density at radius 2 is 1.90 bits per heavy atom. The topological polar surface area (TPSA) is 21.3 Å². The number of benzene rings is 1. The third kappa shape index (κ3) is 3.52. The number of hydrogen-bond donors (Lipinski definition) is 1. The van der Waals surface area contributed by atoms with Crippen molar-refractivity contribution < 1.29 is 17.9 Å². The van der Waals surface area contributed by atoms with Gasteiger partial charge in [-0.2, -0.15) is 0 Å². The number of hydrogen-bond acceptors (Lipinski definition) is 2. The maximum Gasteiger partial charge on any atom is 0.194 e. The van der Waals surface area contributed by atoms with E-state index >= 15 is 0 Å². The van der Waals surface area contributed by atoms with Crippen LogP contribution in [0.5, 0.6) is 0 Å². The molecule has 1 aliphatic rings. The molecule has 0 aliphatic carbocycles. The summed E-state index contributed by atoms with van der Waals surface area (Å²) in [5, 5.41) is 3.16. The van der Waals surface area contributed by atoms with Crippen molar-refractivity contribution in [3.8, 4) is 0 Å². The van der Waals surface area contributed by atoms with Gasteiger partial charge >= 0.3 is 0 Å². The first-order valence-corrected chi connectivity index (χ1v) is 7.08. The van der Waals surface area contributed by atoms with E-state index in [1.54, 1.807) is 0 Å². The summed E-state index contributed by atoms with van der Waals surface area (Å²) in [5.74, 6) is -3.20. The van der Waals surface area contributed by atoms with E-state index in [1.165, 1.54) is 6.07 Å². The minimum absolute atomic E-state index is 0.206. The van der Waals surface area contributed by atoms with Crippen molar-refractivity contribution in [2.24, 2.45) is 5.92 Å². The molecule has 1 aliphatic heterocycles. The Balaban J connectivity index is 2.17. The molecule has 2 rings (SSSR count). The highest BCUT2D eigenvalue weighted by Gasteiger charge is 2.24. The molecule has 1 N–H and O–H groups in total. The molecule has 2 nitrogen and oxygen atoms in total. The molecule has 1 unspecified atom stereocenters. The van der Waals surface area contributed by atoms with Gasteiger partial charge in [0.2, 0.25) is 0 Å². The van der Waals surface area contributed by atoms with E-state index in [1.807, 2.05) is 6.92 Å². The summed E-state index contributed by atoms with van der Waals surface area (Å²) in [4.78, 5) is 0. The zero-order valence-electron chi connectivity index (χ0n) is 11.6. The fourth-order valence-corrected chi connectivity index (χ4v) is 2.69. The average molecular weight is 287 g/mol. The average Bonchev–Trinajstić information content (AvgIpc) is 2.46. The van der Waals surface area contributed by atoms with Crippen molar-refractivity contribution in [2.45, 2.75) is 32.2 Å². The van der Waals surface area contributed by atoms with Crippen LogP contribution in [-0.4, -0.2) is 19.8 Å². The van der Waals surface area contributed by atoms with Crippen LogP contribution in [0.2, 0.25) is 0 Å². The number of rotatable bonds is 5. The fourth-order valence-electron chi connectivity index (χ4n) is 2.69. The molecule has 1 heterocycles. The monoisotopic (exact) mass is 287 g/mol. The van der Waals surface area contributed by atoms with Crippen molar-refractivity contribution >= 4 is 0 Å². The van der Waals surface area contributed by atoms with Gasteiger partial charge in [-0.15, -0.1) is 0 Å². The van der Waals surface area contributed by atoms with Crippen molar-refractivity contribution in [3.05, 3.63) is 35.1 Å². The third-order valence-electron chi connectivity index (χ3n) is 3.80. The molecule has 1 aromatic rings. The van der Waals surface area contributed by atoms with Crippen molar-refractivity contribution in [2.75, 3.05) is 19.8 Å². The van der Waals surface area contributed by atoms with Crippen molar-refractivity contribution in [1.29, 1.82) is 0 Å². The van der Waals surface area contributed by atoms with Gasteiger partial charge in [0.1, 0.15) is 0 Å². The van der Waals surface area contributed by atoms with Crippen molar-refractivity contribution in [1.82, 2.24) is 5.32 Å². The van der Waals surface area contributed by atoms with Crippen LogP contribution in [0.3, 0.4) is 0 Å². The molecule has 1 atom stereocenters. The Bertz CT molecular complexity index is 447. The summed E-state index contributed by atoms with van der Waals surface area (Å²) in [7, 11) is 0. The summed E-state index contributed by atoms with van der Waals surface area (Å²) in [6.07, 6.45) is 2.56. The molecule has 5 heteroatoms. The van der Waals surface area contributed by atoms with Crippen LogP contribution in [-0.2, 0) is 4.74 Å². The Morgan fingerprint density at radius 1 is 1.20 bits per heavy atom. The largest absolute Gasteiger partial charge is 0.381 e. The second-order valence-corrected chi connectivity index (χ2v) is 5.17. The van der Waals surface area contributed by atoms with Gasteiger partial charge in [-0.3, -0.25) is 0 Å². The summed E-state index contributed by atoms with van der Waals surface area (Å²) in [6, 6.07) is 2.03. The van der Waals surface area contributed by atoms with E-state index in [2.05, 4.69) is 5.32 Å². The molecular formula is C15H20F3NO. The quantitative estimate of drug-likeness (QED) is 0.836. The first-order chi connectivity index (χ1) is 9.63. The van der Waals surface area contributed by atoms with Gasteiger partial charge in [0, 0.05) is 24.8 Å². The molecule has 20 heavy (non-hydrogen) atoms. The van der Waals surface area contributed by atoms with Crippen molar-refractivity contribution in [3.63, 3.8) is 0 Å². The van der Waals surface area contributed by atoms with Gasteiger partial charge in [0.25, 0.3) is 0 Å². The lowest BCUT2D eigenvalue weighted by molar-refractivity contribution is 0.0604. The van der Waals surface area contributed by atoms with Crippen LogP contribution < -0.4 is 5.32 Å². The Morgan fingerprint density at radius 3 is 2.55 bits per heavy atom. The number of nitrogens with one attached hydrogen (secondary N) is 1. The molecule has 0 aromatic heterocycles. The Hall–Kier alpha value is -1.07. The standard InChI is InChI=1S/C15H20F3NO/c1-2-19-13(9-10-5-7-20-8-6-10)11-3-4-12(16)15(18)14(11)17/h3-4,10,13,19H,2,5-9H2,1H3. The number of halogens is 3. The summed E-state index contributed by atoms with van der Waals surface area (Å²) >= 11 is 0. The molecule has 0 bridgehead atoms. The van der Waals surface area contributed by atoms with E-state index in [4.69, 9.17) is 4.74 Å². The lowest BCUT2D eigenvalue weighted by Gasteiger charge is -2.27. The van der Waals surface area contributed by atoms with Gasteiger partial charge in [0.15, 0.2) is 17.5 Å². The lowest BCUT2D eigenvalue weighted by atomic mass is 9.89. The molecular weight excluding hydrogens is 267 g/mol. The number of ether oxygens (including phenoxy) is 1. The summed E-state index contributed by atoms with van der Waals surface area (Å²) < 4.78 is 45.6. The maximum atomic E-state index is 13.9. The van der Waals surface area contributed by atoms with Crippen LogP contribution in [0.15, 0.2) is 12.1 Å². The minimum Gasteiger partial charge on any atom is -0.381 e. The second-order valence-electron chi connectivity index (χ2n) is 5.17. The normalized spacial score (nSPS) is 18.2. The van der Waals surface area contributed by atoms with E-state index in [9.17, 15) is 13.2 Å². The highest BCUT2D eigenvalue weighted by molar-refractivity contribution is 5.23. The molecule has 1 aromatic carbocycles. The van der Waals surface area contributed by atoms with Crippen LogP contribution in [0.1, 0.15) is 37.8 Å². The SMILES string of the molecule is CCNC(CC1CCOCC1)c1ccc(F)c(F)c1F. The molecule has 0 spiro atoms. The third-order valence-corrected chi connectivity index (χ3v) is 3.80. The predicted molar refractivity (Wildman–Crippen MR) is 70.9 cm³/mol. The molecule has 1 fully saturated rings. The summed E-state index contributed by atoms with van der Waals surface area (Å²) in [5.41, 5.74) is 0.206. The lowest BCUT2D eigenvalue weighted by Crippen LogP contribution is -2.27.